The van der Waals surface area contributed by atoms with Gasteiger partial charge in [0.15, 0.2) is 0 Å². The fourth-order valence-electron chi connectivity index (χ4n) is 3.05. The van der Waals surface area contributed by atoms with E-state index in [1.54, 1.807) is 6.07 Å². The average molecular weight is 287 g/mol. The summed E-state index contributed by atoms with van der Waals surface area (Å²) in [5.74, 6) is -0.478. The lowest BCUT2D eigenvalue weighted by Crippen LogP contribution is -2.32. The fourth-order valence-corrected chi connectivity index (χ4v) is 3.33. The van der Waals surface area contributed by atoms with Gasteiger partial charge in [0, 0.05) is 10.9 Å². The summed E-state index contributed by atoms with van der Waals surface area (Å²) >= 11 is 6.03. The fraction of sp³-hybridized carbons (Fsp3) is 0.600. The highest BCUT2D eigenvalue weighted by Gasteiger charge is 2.49. The van der Waals surface area contributed by atoms with Gasteiger partial charge in [0.05, 0.1) is 17.3 Å². The van der Waals surface area contributed by atoms with Crippen molar-refractivity contribution in [3.63, 3.8) is 0 Å². The Balaban J connectivity index is 2.31. The average Bonchev–Trinajstić information content (AvgIpc) is 2.45. The van der Waals surface area contributed by atoms with Gasteiger partial charge in [-0.3, -0.25) is 0 Å². The van der Waals surface area contributed by atoms with E-state index in [9.17, 15) is 9.50 Å². The van der Waals surface area contributed by atoms with Gasteiger partial charge in [-0.2, -0.15) is 0 Å². The number of aliphatic hydroxyl groups excluding tert-OH is 1. The van der Waals surface area contributed by atoms with Crippen LogP contribution in [0.1, 0.15) is 45.8 Å². The smallest absolute Gasteiger partial charge is 0.124 e. The van der Waals surface area contributed by atoms with Crippen LogP contribution in [0, 0.1) is 11.7 Å². The van der Waals surface area contributed by atoms with Gasteiger partial charge < -0.3 is 9.84 Å². The Morgan fingerprint density at radius 1 is 1.37 bits per heavy atom. The Morgan fingerprint density at radius 2 is 2.00 bits per heavy atom. The molecule has 1 heterocycles. The maximum Gasteiger partial charge on any atom is 0.124 e. The predicted molar refractivity (Wildman–Crippen MR) is 73.7 cm³/mol. The van der Waals surface area contributed by atoms with Gasteiger partial charge >= 0.3 is 0 Å². The van der Waals surface area contributed by atoms with E-state index in [4.69, 9.17) is 16.3 Å². The highest BCUT2D eigenvalue weighted by molar-refractivity contribution is 6.31. The molecule has 0 bridgehead atoms. The van der Waals surface area contributed by atoms with Crippen molar-refractivity contribution in [1.29, 1.82) is 0 Å². The number of benzene rings is 1. The van der Waals surface area contributed by atoms with Gasteiger partial charge in [-0.1, -0.05) is 17.7 Å². The Kier molecular flexibility index (Phi) is 3.67. The number of hydrogen-bond donors (Lipinski definition) is 1. The van der Waals surface area contributed by atoms with Crippen molar-refractivity contribution in [2.45, 2.75) is 51.4 Å². The summed E-state index contributed by atoms with van der Waals surface area (Å²) in [5, 5.41) is 10.8. The first kappa shape index (κ1) is 14.8. The van der Waals surface area contributed by atoms with Crippen LogP contribution in [0.15, 0.2) is 18.2 Å². The molecule has 1 saturated heterocycles. The molecule has 1 aromatic rings. The molecule has 0 amide bonds. The van der Waals surface area contributed by atoms with E-state index in [0.717, 1.165) is 6.42 Å². The minimum absolute atomic E-state index is 0.0783. The van der Waals surface area contributed by atoms with Crippen LogP contribution in [-0.4, -0.2) is 16.3 Å². The van der Waals surface area contributed by atoms with Crippen LogP contribution in [0.25, 0.3) is 0 Å². The second-order valence-electron chi connectivity index (χ2n) is 6.39. The second-order valence-corrected chi connectivity index (χ2v) is 6.79. The van der Waals surface area contributed by atoms with Crippen molar-refractivity contribution in [3.05, 3.63) is 34.6 Å². The molecule has 2 atom stereocenters. The van der Waals surface area contributed by atoms with E-state index >= 15 is 0 Å². The standard InChI is InChI=1S/C15H20ClFO2/c1-14(2)8-11(15(3,4)19-14)13(18)10-6-5-9(17)7-12(10)16/h5-7,11,13,18H,8H2,1-4H3. The highest BCUT2D eigenvalue weighted by Crippen LogP contribution is 2.48. The van der Waals surface area contributed by atoms with Crippen LogP contribution in [-0.2, 0) is 4.74 Å². The van der Waals surface area contributed by atoms with Crippen LogP contribution in [0.3, 0.4) is 0 Å². The first-order valence-electron chi connectivity index (χ1n) is 6.45. The van der Waals surface area contributed by atoms with Crippen molar-refractivity contribution in [2.24, 2.45) is 5.92 Å². The van der Waals surface area contributed by atoms with Gasteiger partial charge in [-0.05, 0) is 51.8 Å². The summed E-state index contributed by atoms with van der Waals surface area (Å²) in [5.41, 5.74) is -0.162. The van der Waals surface area contributed by atoms with Crippen LogP contribution in [0.4, 0.5) is 4.39 Å². The molecule has 106 valence electrons. The zero-order valence-corrected chi connectivity index (χ0v) is 12.5. The van der Waals surface area contributed by atoms with Crippen molar-refractivity contribution in [2.75, 3.05) is 0 Å². The number of rotatable bonds is 2. The molecule has 0 radical (unpaired) electrons. The first-order chi connectivity index (χ1) is 8.62. The zero-order valence-electron chi connectivity index (χ0n) is 11.7. The van der Waals surface area contributed by atoms with Crippen molar-refractivity contribution < 1.29 is 14.2 Å². The number of hydrogen-bond acceptors (Lipinski definition) is 2. The third kappa shape index (κ3) is 2.93. The number of ether oxygens (including phenoxy) is 1. The highest BCUT2D eigenvalue weighted by atomic mass is 35.5. The van der Waals surface area contributed by atoms with E-state index < -0.39 is 17.5 Å². The van der Waals surface area contributed by atoms with Gasteiger partial charge in [0.2, 0.25) is 0 Å². The zero-order chi connectivity index (χ0) is 14.4. The van der Waals surface area contributed by atoms with Crippen LogP contribution < -0.4 is 0 Å². The lowest BCUT2D eigenvalue weighted by atomic mass is 9.80. The summed E-state index contributed by atoms with van der Waals surface area (Å²) in [6, 6.07) is 4.09. The minimum Gasteiger partial charge on any atom is -0.388 e. The maximum atomic E-state index is 13.1. The molecular formula is C15H20ClFO2. The van der Waals surface area contributed by atoms with E-state index in [0.29, 0.717) is 5.56 Å². The Morgan fingerprint density at radius 3 is 2.47 bits per heavy atom. The maximum absolute atomic E-state index is 13.1. The van der Waals surface area contributed by atoms with Gasteiger partial charge in [0.25, 0.3) is 0 Å². The number of halogens is 2. The normalized spacial score (nSPS) is 26.4. The first-order valence-corrected chi connectivity index (χ1v) is 6.83. The Hall–Kier alpha value is -0.640. The lowest BCUT2D eigenvalue weighted by molar-refractivity contribution is -0.0880. The molecule has 0 aliphatic carbocycles. The van der Waals surface area contributed by atoms with Crippen molar-refractivity contribution in [1.82, 2.24) is 0 Å². The largest absolute Gasteiger partial charge is 0.388 e. The number of aliphatic hydroxyl groups is 1. The third-order valence-corrected chi connectivity index (χ3v) is 4.13. The molecule has 4 heteroatoms. The van der Waals surface area contributed by atoms with E-state index in [1.807, 2.05) is 27.7 Å². The van der Waals surface area contributed by atoms with Crippen molar-refractivity contribution >= 4 is 11.6 Å². The summed E-state index contributed by atoms with van der Waals surface area (Å²) in [6.45, 7) is 7.95. The molecule has 0 spiro atoms. The molecule has 1 N–H and O–H groups in total. The SMILES string of the molecule is CC1(C)CC(C(O)c2ccc(F)cc2Cl)C(C)(C)O1. The molecule has 19 heavy (non-hydrogen) atoms. The third-order valence-electron chi connectivity index (χ3n) is 3.81. The summed E-state index contributed by atoms with van der Waals surface area (Å²) in [4.78, 5) is 0. The summed E-state index contributed by atoms with van der Waals surface area (Å²) in [6.07, 6.45) is -0.0284. The molecule has 0 saturated carbocycles. The second kappa shape index (κ2) is 4.72. The lowest BCUT2D eigenvalue weighted by Gasteiger charge is -2.30. The quantitative estimate of drug-likeness (QED) is 0.887. The molecule has 1 aromatic carbocycles. The summed E-state index contributed by atoms with van der Waals surface area (Å²) in [7, 11) is 0. The van der Waals surface area contributed by atoms with Gasteiger partial charge in [-0.15, -0.1) is 0 Å². The van der Waals surface area contributed by atoms with Crippen molar-refractivity contribution in [3.8, 4) is 0 Å². The van der Waals surface area contributed by atoms with E-state index in [2.05, 4.69) is 0 Å². The van der Waals surface area contributed by atoms with Gasteiger partial charge in [0.1, 0.15) is 5.82 Å². The molecule has 1 fully saturated rings. The molecule has 1 aliphatic rings. The topological polar surface area (TPSA) is 29.5 Å². The summed E-state index contributed by atoms with van der Waals surface area (Å²) < 4.78 is 19.1. The van der Waals surface area contributed by atoms with E-state index in [-0.39, 0.29) is 16.5 Å². The Bertz CT molecular complexity index is 485. The molecule has 2 unspecified atom stereocenters. The van der Waals surface area contributed by atoms with E-state index in [1.165, 1.54) is 12.1 Å². The monoisotopic (exact) mass is 286 g/mol. The molecule has 0 aromatic heterocycles. The molecule has 2 nitrogen and oxygen atoms in total. The minimum atomic E-state index is -0.759. The van der Waals surface area contributed by atoms with Crippen LogP contribution in [0.2, 0.25) is 5.02 Å². The van der Waals surface area contributed by atoms with Crippen LogP contribution >= 0.6 is 11.6 Å². The molecular weight excluding hydrogens is 267 g/mol. The molecule has 1 aliphatic heterocycles. The predicted octanol–water partition coefficient (Wildman–Crippen LogP) is 4.11. The van der Waals surface area contributed by atoms with Gasteiger partial charge in [-0.25, -0.2) is 4.39 Å². The molecule has 2 rings (SSSR count). The Labute approximate surface area is 118 Å². The van der Waals surface area contributed by atoms with Crippen LogP contribution in [0.5, 0.6) is 0 Å².